The number of carbonyl (C=O) groups is 2. The average Bonchev–Trinajstić information content (AvgIpc) is 3.40. The van der Waals surface area contributed by atoms with Gasteiger partial charge in [-0.05, 0) is 88.0 Å². The van der Waals surface area contributed by atoms with Crippen LogP contribution in [0.3, 0.4) is 0 Å². The van der Waals surface area contributed by atoms with Crippen molar-refractivity contribution in [2.75, 3.05) is 37.7 Å². The number of anilines is 1. The Bertz CT molecular complexity index is 948. The van der Waals surface area contributed by atoms with Gasteiger partial charge < -0.3 is 15.0 Å². The van der Waals surface area contributed by atoms with Gasteiger partial charge in [-0.2, -0.15) is 0 Å². The number of hydrogen-bond donors (Lipinski definition) is 1. The minimum Gasteiger partial charge on any atom is -0.463 e. The number of allylic oxidation sites excluding steroid dienone is 1. The van der Waals surface area contributed by atoms with Crippen molar-refractivity contribution < 1.29 is 18.7 Å². The van der Waals surface area contributed by atoms with Gasteiger partial charge in [0.1, 0.15) is 5.82 Å². The van der Waals surface area contributed by atoms with E-state index in [0.717, 1.165) is 76.1 Å². The molecule has 4 aliphatic rings. The molecule has 3 fully saturated rings. The van der Waals surface area contributed by atoms with Gasteiger partial charge in [-0.1, -0.05) is 0 Å². The second kappa shape index (κ2) is 9.68. The van der Waals surface area contributed by atoms with E-state index in [1.165, 1.54) is 25.0 Å². The zero-order valence-corrected chi connectivity index (χ0v) is 20.2. The number of piperazine rings is 1. The Hall–Kier alpha value is -2.41. The second-order valence-corrected chi connectivity index (χ2v) is 10.5. The SMILES string of the molecule is CCOC(=O)C1=C(NC(=O)[C@H]2CC[C@@H](N3CCN(c4ccc(F)cc4)CC3)C2)CCC2(CC2)C1. The minimum atomic E-state index is -0.257. The van der Waals surface area contributed by atoms with Crippen LogP contribution < -0.4 is 10.2 Å². The number of carbonyl (C=O) groups excluding carboxylic acids is 2. The van der Waals surface area contributed by atoms with Crippen LogP contribution in [0.15, 0.2) is 35.5 Å². The van der Waals surface area contributed by atoms with Crippen molar-refractivity contribution in [2.45, 2.75) is 64.3 Å². The van der Waals surface area contributed by atoms with Crippen LogP contribution in [0.25, 0.3) is 0 Å². The second-order valence-electron chi connectivity index (χ2n) is 10.5. The molecule has 34 heavy (non-hydrogen) atoms. The highest BCUT2D eigenvalue weighted by atomic mass is 19.1. The van der Waals surface area contributed by atoms with E-state index in [9.17, 15) is 14.0 Å². The molecule has 2 atom stereocenters. The van der Waals surface area contributed by atoms with Gasteiger partial charge in [-0.3, -0.25) is 9.69 Å². The summed E-state index contributed by atoms with van der Waals surface area (Å²) in [5.41, 5.74) is 2.85. The smallest absolute Gasteiger partial charge is 0.335 e. The zero-order valence-electron chi connectivity index (χ0n) is 20.2. The molecule has 3 aliphatic carbocycles. The third kappa shape index (κ3) is 4.99. The third-order valence-corrected chi connectivity index (χ3v) is 8.37. The molecule has 2 saturated carbocycles. The highest BCUT2D eigenvalue weighted by Gasteiger charge is 2.47. The predicted octanol–water partition coefficient (Wildman–Crippen LogP) is 4.01. The molecule has 0 unspecified atom stereocenters. The molecule has 184 valence electrons. The number of ether oxygens (including phenoxy) is 1. The Balaban J connectivity index is 1.15. The van der Waals surface area contributed by atoms with Gasteiger partial charge in [0.25, 0.3) is 0 Å². The van der Waals surface area contributed by atoms with Crippen LogP contribution in [0, 0.1) is 17.2 Å². The molecule has 6 nitrogen and oxygen atoms in total. The Labute approximate surface area is 201 Å². The van der Waals surface area contributed by atoms with Crippen molar-refractivity contribution in [1.29, 1.82) is 0 Å². The van der Waals surface area contributed by atoms with Crippen LogP contribution in [-0.4, -0.2) is 55.6 Å². The largest absolute Gasteiger partial charge is 0.463 e. The fraction of sp³-hybridized carbons (Fsp3) is 0.630. The first-order valence-corrected chi connectivity index (χ1v) is 12.9. The number of nitrogens with one attached hydrogen (secondary N) is 1. The van der Waals surface area contributed by atoms with E-state index in [0.29, 0.717) is 18.2 Å². The lowest BCUT2D eigenvalue weighted by Gasteiger charge is -2.39. The predicted molar refractivity (Wildman–Crippen MR) is 129 cm³/mol. The van der Waals surface area contributed by atoms with Crippen molar-refractivity contribution >= 4 is 17.6 Å². The summed E-state index contributed by atoms with van der Waals surface area (Å²) in [6.45, 7) is 5.92. The lowest BCUT2D eigenvalue weighted by atomic mass is 9.83. The number of benzene rings is 1. The first kappa shape index (κ1) is 23.3. The van der Waals surface area contributed by atoms with Gasteiger partial charge in [-0.25, -0.2) is 9.18 Å². The molecule has 1 aliphatic heterocycles. The van der Waals surface area contributed by atoms with Gasteiger partial charge in [0.05, 0.1) is 12.2 Å². The fourth-order valence-corrected chi connectivity index (χ4v) is 6.04. The molecule has 1 aromatic rings. The molecule has 1 aromatic carbocycles. The maximum atomic E-state index is 13.2. The molecular weight excluding hydrogens is 433 g/mol. The highest BCUT2D eigenvalue weighted by Crippen LogP contribution is 2.57. The van der Waals surface area contributed by atoms with E-state index in [1.54, 1.807) is 0 Å². The Morgan fingerprint density at radius 3 is 2.50 bits per heavy atom. The molecular formula is C27H36FN3O3. The van der Waals surface area contributed by atoms with Gasteiger partial charge >= 0.3 is 5.97 Å². The first-order valence-electron chi connectivity index (χ1n) is 12.9. The summed E-state index contributed by atoms with van der Waals surface area (Å²) in [6, 6.07) is 7.14. The number of rotatable bonds is 6. The van der Waals surface area contributed by atoms with Gasteiger partial charge in [0.15, 0.2) is 0 Å². The van der Waals surface area contributed by atoms with Crippen LogP contribution in [0.1, 0.15) is 58.3 Å². The van der Waals surface area contributed by atoms with Gasteiger partial charge in [0.2, 0.25) is 5.91 Å². The van der Waals surface area contributed by atoms with Crippen LogP contribution >= 0.6 is 0 Å². The van der Waals surface area contributed by atoms with Gasteiger partial charge in [-0.15, -0.1) is 0 Å². The molecule has 0 radical (unpaired) electrons. The number of hydrogen-bond acceptors (Lipinski definition) is 5. The van der Waals surface area contributed by atoms with E-state index in [4.69, 9.17) is 4.74 Å². The summed E-state index contributed by atoms with van der Waals surface area (Å²) in [7, 11) is 0. The normalized spacial score (nSPS) is 26.6. The highest BCUT2D eigenvalue weighted by molar-refractivity contribution is 5.91. The molecule has 1 N–H and O–H groups in total. The summed E-state index contributed by atoms with van der Waals surface area (Å²) in [6.07, 6.45) is 7.70. The van der Waals surface area contributed by atoms with Crippen LogP contribution in [0.2, 0.25) is 0 Å². The third-order valence-electron chi connectivity index (χ3n) is 8.37. The van der Waals surface area contributed by atoms with Crippen molar-refractivity contribution in [2.24, 2.45) is 11.3 Å². The van der Waals surface area contributed by atoms with E-state index in [1.807, 2.05) is 19.1 Å². The maximum Gasteiger partial charge on any atom is 0.335 e. The standard InChI is InChI=1S/C27H36FN3O3/c1-2-34-26(33)23-18-27(11-12-27)10-9-24(23)29-25(32)19-3-6-22(17-19)31-15-13-30(14-16-31)21-7-4-20(28)5-8-21/h4-5,7-8,19,22H,2-3,6,9-18H2,1H3,(H,29,32)/t19-,22+/m0/s1. The first-order chi connectivity index (χ1) is 16.5. The summed E-state index contributed by atoms with van der Waals surface area (Å²) >= 11 is 0. The molecule has 0 aromatic heterocycles. The van der Waals surface area contributed by atoms with Crippen molar-refractivity contribution in [3.05, 3.63) is 41.4 Å². The molecule has 1 spiro atoms. The number of esters is 1. The fourth-order valence-electron chi connectivity index (χ4n) is 6.04. The summed E-state index contributed by atoms with van der Waals surface area (Å²) in [5.74, 6) is -0.404. The lowest BCUT2D eigenvalue weighted by molar-refractivity contribution is -0.139. The average molecular weight is 470 g/mol. The topological polar surface area (TPSA) is 61.9 Å². The van der Waals surface area contributed by atoms with E-state index >= 15 is 0 Å². The molecule has 1 saturated heterocycles. The Morgan fingerprint density at radius 1 is 1.09 bits per heavy atom. The number of halogens is 1. The minimum absolute atomic E-state index is 0.00659. The quantitative estimate of drug-likeness (QED) is 0.638. The summed E-state index contributed by atoms with van der Waals surface area (Å²) in [5, 5.41) is 3.15. The molecule has 1 heterocycles. The van der Waals surface area contributed by atoms with E-state index < -0.39 is 0 Å². The van der Waals surface area contributed by atoms with Gasteiger partial charge in [0, 0.05) is 49.5 Å². The number of nitrogens with zero attached hydrogens (tertiary/aromatic N) is 2. The zero-order chi connectivity index (χ0) is 23.7. The van der Waals surface area contributed by atoms with E-state index in [-0.39, 0.29) is 29.0 Å². The van der Waals surface area contributed by atoms with Crippen LogP contribution in [0.5, 0.6) is 0 Å². The van der Waals surface area contributed by atoms with Crippen molar-refractivity contribution in [3.63, 3.8) is 0 Å². The van der Waals surface area contributed by atoms with Crippen molar-refractivity contribution in [1.82, 2.24) is 10.2 Å². The molecule has 7 heteroatoms. The molecule has 1 amide bonds. The molecule has 5 rings (SSSR count). The van der Waals surface area contributed by atoms with Crippen molar-refractivity contribution in [3.8, 4) is 0 Å². The molecule has 0 bridgehead atoms. The summed E-state index contributed by atoms with van der Waals surface area (Å²) in [4.78, 5) is 30.5. The Morgan fingerprint density at radius 2 is 1.82 bits per heavy atom. The van der Waals surface area contributed by atoms with Crippen LogP contribution in [-0.2, 0) is 14.3 Å². The summed E-state index contributed by atoms with van der Waals surface area (Å²) < 4.78 is 18.5. The van der Waals surface area contributed by atoms with Crippen LogP contribution in [0.4, 0.5) is 10.1 Å². The Kier molecular flexibility index (Phi) is 6.65. The monoisotopic (exact) mass is 469 g/mol. The van der Waals surface area contributed by atoms with E-state index in [2.05, 4.69) is 15.1 Å². The lowest BCUT2D eigenvalue weighted by Crippen LogP contribution is -2.50. The maximum absolute atomic E-state index is 13.2. The number of amides is 1.